The number of benzene rings is 1. The minimum absolute atomic E-state index is 0.115. The van der Waals surface area contributed by atoms with Crippen LogP contribution in [0.4, 0.5) is 11.4 Å². The summed E-state index contributed by atoms with van der Waals surface area (Å²) in [6, 6.07) is 5.94. The lowest BCUT2D eigenvalue weighted by molar-refractivity contribution is 0.208. The molecule has 0 amide bonds. The van der Waals surface area contributed by atoms with Gasteiger partial charge in [0.25, 0.3) is 0 Å². The molecule has 0 aliphatic carbocycles. The predicted molar refractivity (Wildman–Crippen MR) is 78.6 cm³/mol. The maximum absolute atomic E-state index is 9.30. The van der Waals surface area contributed by atoms with Crippen LogP contribution in [0.2, 0.25) is 0 Å². The first-order chi connectivity index (χ1) is 9.10. The summed E-state index contributed by atoms with van der Waals surface area (Å²) < 4.78 is 5.73. The number of hydrogen-bond acceptors (Lipinski definition) is 4. The molecule has 1 fully saturated rings. The van der Waals surface area contributed by atoms with Crippen molar-refractivity contribution in [2.75, 3.05) is 30.3 Å². The van der Waals surface area contributed by atoms with Crippen LogP contribution >= 0.6 is 0 Å². The van der Waals surface area contributed by atoms with Crippen LogP contribution in [0, 0.1) is 5.92 Å². The fourth-order valence-electron chi connectivity index (χ4n) is 2.52. The monoisotopic (exact) mass is 264 g/mol. The highest BCUT2D eigenvalue weighted by molar-refractivity contribution is 5.62. The molecule has 3 N–H and O–H groups in total. The van der Waals surface area contributed by atoms with Gasteiger partial charge in [-0.25, -0.2) is 0 Å². The van der Waals surface area contributed by atoms with Crippen molar-refractivity contribution in [3.63, 3.8) is 0 Å². The lowest BCUT2D eigenvalue weighted by atomic mass is 9.98. The van der Waals surface area contributed by atoms with Crippen molar-refractivity contribution in [3.05, 3.63) is 18.2 Å². The molecular formula is C15H24N2O2. The molecule has 1 unspecified atom stereocenters. The van der Waals surface area contributed by atoms with Gasteiger partial charge in [0.05, 0.1) is 11.8 Å². The average molecular weight is 264 g/mol. The summed E-state index contributed by atoms with van der Waals surface area (Å²) in [6.45, 7) is 6.19. The second-order valence-corrected chi connectivity index (χ2v) is 5.53. The molecule has 0 aromatic heterocycles. The normalized spacial score (nSPS) is 19.8. The Morgan fingerprint density at radius 2 is 2.26 bits per heavy atom. The second-order valence-electron chi connectivity index (χ2n) is 5.53. The first-order valence-electron chi connectivity index (χ1n) is 7.02. The van der Waals surface area contributed by atoms with E-state index in [0.717, 1.165) is 37.4 Å². The number of aliphatic hydroxyl groups excluding tert-OH is 1. The molecule has 106 valence electrons. The highest BCUT2D eigenvalue weighted by Gasteiger charge is 2.20. The molecule has 4 nitrogen and oxygen atoms in total. The standard InChI is InChI=1S/C15H24N2O2/c1-11(2)19-15-8-13(5-6-14(15)16)17-7-3-4-12(9-17)10-18/h5-6,8,11-12,18H,3-4,7,9-10,16H2,1-2H3. The number of nitrogens with zero attached hydrogens (tertiary/aromatic N) is 1. The summed E-state index contributed by atoms with van der Waals surface area (Å²) in [6.07, 6.45) is 2.34. The Morgan fingerprint density at radius 3 is 2.95 bits per heavy atom. The zero-order valence-electron chi connectivity index (χ0n) is 11.8. The molecule has 4 heteroatoms. The molecule has 19 heavy (non-hydrogen) atoms. The largest absolute Gasteiger partial charge is 0.489 e. The van der Waals surface area contributed by atoms with E-state index in [1.807, 2.05) is 32.0 Å². The molecule has 1 aliphatic heterocycles. The van der Waals surface area contributed by atoms with Gasteiger partial charge in [-0.1, -0.05) is 0 Å². The zero-order chi connectivity index (χ0) is 13.8. The third-order valence-corrected chi connectivity index (χ3v) is 3.50. The lowest BCUT2D eigenvalue weighted by Crippen LogP contribution is -2.36. The van der Waals surface area contributed by atoms with Gasteiger partial charge in [-0.3, -0.25) is 0 Å². The maximum atomic E-state index is 9.30. The van der Waals surface area contributed by atoms with Gasteiger partial charge >= 0.3 is 0 Å². The second kappa shape index (κ2) is 6.15. The SMILES string of the molecule is CC(C)Oc1cc(N2CCCC(CO)C2)ccc1N. The van der Waals surface area contributed by atoms with E-state index in [1.54, 1.807) is 0 Å². The van der Waals surface area contributed by atoms with Crippen molar-refractivity contribution in [1.29, 1.82) is 0 Å². The summed E-state index contributed by atoms with van der Waals surface area (Å²) in [5.74, 6) is 1.12. The fraction of sp³-hybridized carbons (Fsp3) is 0.600. The van der Waals surface area contributed by atoms with Gasteiger partial charge in [0, 0.05) is 31.5 Å². The Hall–Kier alpha value is -1.42. The van der Waals surface area contributed by atoms with Gasteiger partial charge in [0.1, 0.15) is 5.75 Å². The van der Waals surface area contributed by atoms with Crippen LogP contribution in [-0.4, -0.2) is 30.9 Å². The number of nitrogen functional groups attached to an aromatic ring is 1. The topological polar surface area (TPSA) is 58.7 Å². The van der Waals surface area contributed by atoms with Crippen molar-refractivity contribution in [2.45, 2.75) is 32.8 Å². The smallest absolute Gasteiger partial charge is 0.144 e. The Bertz CT molecular complexity index is 421. The van der Waals surface area contributed by atoms with Crippen LogP contribution in [0.25, 0.3) is 0 Å². The van der Waals surface area contributed by atoms with E-state index >= 15 is 0 Å². The molecule has 1 aromatic rings. The summed E-state index contributed by atoms with van der Waals surface area (Å²) in [5, 5.41) is 9.30. The highest BCUT2D eigenvalue weighted by Crippen LogP contribution is 2.30. The first kappa shape index (κ1) is 14.0. The summed E-state index contributed by atoms with van der Waals surface area (Å²) >= 11 is 0. The minimum atomic E-state index is 0.115. The summed E-state index contributed by atoms with van der Waals surface area (Å²) in [4.78, 5) is 2.30. The lowest BCUT2D eigenvalue weighted by Gasteiger charge is -2.34. The minimum Gasteiger partial charge on any atom is -0.489 e. The Labute approximate surface area is 115 Å². The van der Waals surface area contributed by atoms with E-state index in [1.165, 1.54) is 0 Å². The van der Waals surface area contributed by atoms with Crippen molar-refractivity contribution < 1.29 is 9.84 Å². The van der Waals surface area contributed by atoms with E-state index in [2.05, 4.69) is 4.90 Å². The molecule has 0 spiro atoms. The van der Waals surface area contributed by atoms with Gasteiger partial charge in [-0.15, -0.1) is 0 Å². The third-order valence-electron chi connectivity index (χ3n) is 3.50. The van der Waals surface area contributed by atoms with Crippen LogP contribution in [0.5, 0.6) is 5.75 Å². The van der Waals surface area contributed by atoms with Crippen molar-refractivity contribution in [1.82, 2.24) is 0 Å². The van der Waals surface area contributed by atoms with Crippen LogP contribution in [0.15, 0.2) is 18.2 Å². The van der Waals surface area contributed by atoms with Crippen LogP contribution in [-0.2, 0) is 0 Å². The molecule has 0 saturated carbocycles. The Kier molecular flexibility index (Phi) is 4.53. The number of aliphatic hydroxyl groups is 1. The predicted octanol–water partition coefficient (Wildman–Crippen LogP) is 2.26. The molecule has 2 rings (SSSR count). The van der Waals surface area contributed by atoms with Gasteiger partial charge in [-0.05, 0) is 44.7 Å². The van der Waals surface area contributed by atoms with Crippen LogP contribution in [0.1, 0.15) is 26.7 Å². The molecule has 1 aliphatic rings. The Morgan fingerprint density at radius 1 is 1.47 bits per heavy atom. The van der Waals surface area contributed by atoms with Gasteiger partial charge < -0.3 is 20.5 Å². The quantitative estimate of drug-likeness (QED) is 0.819. The van der Waals surface area contributed by atoms with E-state index in [0.29, 0.717) is 11.6 Å². The molecule has 1 aromatic carbocycles. The maximum Gasteiger partial charge on any atom is 0.144 e. The van der Waals surface area contributed by atoms with E-state index in [9.17, 15) is 5.11 Å². The van der Waals surface area contributed by atoms with Gasteiger partial charge in [0.2, 0.25) is 0 Å². The zero-order valence-corrected chi connectivity index (χ0v) is 11.8. The van der Waals surface area contributed by atoms with Crippen molar-refractivity contribution in [3.8, 4) is 5.75 Å². The third kappa shape index (κ3) is 3.53. The van der Waals surface area contributed by atoms with Crippen LogP contribution in [0.3, 0.4) is 0 Å². The number of nitrogens with two attached hydrogens (primary N) is 1. The first-order valence-corrected chi connectivity index (χ1v) is 7.02. The molecular weight excluding hydrogens is 240 g/mol. The van der Waals surface area contributed by atoms with Crippen molar-refractivity contribution >= 4 is 11.4 Å². The van der Waals surface area contributed by atoms with E-state index < -0.39 is 0 Å². The Balaban J connectivity index is 2.15. The number of anilines is 2. The fourth-order valence-corrected chi connectivity index (χ4v) is 2.52. The van der Waals surface area contributed by atoms with E-state index in [4.69, 9.17) is 10.5 Å². The van der Waals surface area contributed by atoms with E-state index in [-0.39, 0.29) is 12.7 Å². The van der Waals surface area contributed by atoms with Gasteiger partial charge in [0.15, 0.2) is 0 Å². The van der Waals surface area contributed by atoms with Gasteiger partial charge in [-0.2, -0.15) is 0 Å². The molecule has 0 radical (unpaired) electrons. The molecule has 1 saturated heterocycles. The number of hydrogen-bond donors (Lipinski definition) is 2. The molecule has 0 bridgehead atoms. The van der Waals surface area contributed by atoms with Crippen LogP contribution < -0.4 is 15.4 Å². The number of ether oxygens (including phenoxy) is 1. The average Bonchev–Trinajstić information content (AvgIpc) is 2.41. The molecule has 1 heterocycles. The highest BCUT2D eigenvalue weighted by atomic mass is 16.5. The summed E-state index contributed by atoms with van der Waals surface area (Å²) in [5.41, 5.74) is 7.74. The van der Waals surface area contributed by atoms with Crippen molar-refractivity contribution in [2.24, 2.45) is 5.92 Å². The molecule has 1 atom stereocenters. The summed E-state index contributed by atoms with van der Waals surface area (Å²) in [7, 11) is 0. The number of piperidine rings is 1. The number of rotatable bonds is 4.